The maximum Gasteiger partial charge on any atom is 0.222 e. The summed E-state index contributed by atoms with van der Waals surface area (Å²) in [5.74, 6) is 0.285. The van der Waals surface area contributed by atoms with E-state index >= 15 is 0 Å². The zero-order chi connectivity index (χ0) is 18.6. The molecule has 0 aromatic heterocycles. The molecule has 26 heavy (non-hydrogen) atoms. The second-order valence-corrected chi connectivity index (χ2v) is 8.33. The molecule has 2 aromatic carbocycles. The van der Waals surface area contributed by atoms with Gasteiger partial charge in [0.15, 0.2) is 0 Å². The van der Waals surface area contributed by atoms with E-state index in [0.29, 0.717) is 6.42 Å². The Morgan fingerprint density at radius 3 is 2.31 bits per heavy atom. The molecule has 0 N–H and O–H groups in total. The van der Waals surface area contributed by atoms with E-state index in [1.807, 2.05) is 11.0 Å². The number of rotatable bonds is 4. The molecule has 2 aromatic rings. The van der Waals surface area contributed by atoms with E-state index in [0.717, 1.165) is 25.9 Å². The number of hydrogen-bond donors (Lipinski definition) is 0. The molecule has 1 aliphatic rings. The van der Waals surface area contributed by atoms with Crippen molar-refractivity contribution in [1.82, 2.24) is 4.90 Å². The first-order valence-electron chi connectivity index (χ1n) is 9.55. The summed E-state index contributed by atoms with van der Waals surface area (Å²) in [5, 5.41) is 0. The van der Waals surface area contributed by atoms with Crippen LogP contribution < -0.4 is 0 Å². The van der Waals surface area contributed by atoms with Crippen LogP contribution in [0.1, 0.15) is 45.6 Å². The lowest BCUT2D eigenvalue weighted by Gasteiger charge is -2.28. The molecule has 0 unspecified atom stereocenters. The number of nitrogens with zero attached hydrogens (tertiary/aromatic N) is 1. The standard InChI is InChI=1S/C24H29NO/c1-24(2,3)15-12-23(26)25-16-13-20(14-17-25)22-11-7-10-21(18-22)19-8-5-4-6-9-19/h4-11,13,18H,12,14-17H2,1-3H3. The second kappa shape index (κ2) is 7.90. The summed E-state index contributed by atoms with van der Waals surface area (Å²) in [6.45, 7) is 8.12. The fraction of sp³-hybridized carbons (Fsp3) is 0.375. The molecule has 136 valence electrons. The highest BCUT2D eigenvalue weighted by atomic mass is 16.2. The lowest BCUT2D eigenvalue weighted by Crippen LogP contribution is -2.35. The third-order valence-corrected chi connectivity index (χ3v) is 4.99. The van der Waals surface area contributed by atoms with Crippen molar-refractivity contribution in [1.29, 1.82) is 0 Å². The van der Waals surface area contributed by atoms with Crippen LogP contribution in [0, 0.1) is 5.41 Å². The number of hydrogen-bond acceptors (Lipinski definition) is 1. The molecule has 2 nitrogen and oxygen atoms in total. The molecule has 0 saturated heterocycles. The van der Waals surface area contributed by atoms with Crippen molar-refractivity contribution in [3.63, 3.8) is 0 Å². The molecule has 0 saturated carbocycles. The molecule has 1 amide bonds. The van der Waals surface area contributed by atoms with Crippen molar-refractivity contribution in [2.45, 2.75) is 40.0 Å². The number of carbonyl (C=O) groups is 1. The normalized spacial score (nSPS) is 14.9. The quantitative estimate of drug-likeness (QED) is 0.685. The summed E-state index contributed by atoms with van der Waals surface area (Å²) < 4.78 is 0. The molecule has 0 aliphatic carbocycles. The van der Waals surface area contributed by atoms with Crippen LogP contribution in [0.2, 0.25) is 0 Å². The maximum atomic E-state index is 12.4. The van der Waals surface area contributed by atoms with Crippen molar-refractivity contribution in [3.05, 3.63) is 66.2 Å². The zero-order valence-electron chi connectivity index (χ0n) is 16.2. The summed E-state index contributed by atoms with van der Waals surface area (Å²) >= 11 is 0. The molecule has 0 radical (unpaired) electrons. The summed E-state index contributed by atoms with van der Waals surface area (Å²) in [4.78, 5) is 14.4. The van der Waals surface area contributed by atoms with Crippen LogP contribution in [0.25, 0.3) is 16.7 Å². The van der Waals surface area contributed by atoms with Gasteiger partial charge in [0.1, 0.15) is 0 Å². The van der Waals surface area contributed by atoms with E-state index in [4.69, 9.17) is 0 Å². The Bertz CT molecular complexity index is 783. The van der Waals surface area contributed by atoms with Crippen molar-refractivity contribution in [2.75, 3.05) is 13.1 Å². The monoisotopic (exact) mass is 347 g/mol. The molecule has 2 heteroatoms. The molecule has 0 fully saturated rings. The highest BCUT2D eigenvalue weighted by Crippen LogP contribution is 2.28. The Morgan fingerprint density at radius 2 is 1.65 bits per heavy atom. The molecular formula is C24H29NO. The van der Waals surface area contributed by atoms with Gasteiger partial charge in [0.25, 0.3) is 0 Å². The Balaban J connectivity index is 1.67. The third kappa shape index (κ3) is 4.85. The van der Waals surface area contributed by atoms with Crippen molar-refractivity contribution in [3.8, 4) is 11.1 Å². The van der Waals surface area contributed by atoms with Crippen LogP contribution >= 0.6 is 0 Å². The minimum atomic E-state index is 0.213. The van der Waals surface area contributed by atoms with Gasteiger partial charge in [0.2, 0.25) is 5.91 Å². The van der Waals surface area contributed by atoms with E-state index in [2.05, 4.69) is 75.4 Å². The Morgan fingerprint density at radius 1 is 0.962 bits per heavy atom. The minimum Gasteiger partial charge on any atom is -0.339 e. The predicted molar refractivity (Wildman–Crippen MR) is 110 cm³/mol. The van der Waals surface area contributed by atoms with E-state index in [-0.39, 0.29) is 11.3 Å². The minimum absolute atomic E-state index is 0.213. The fourth-order valence-electron chi connectivity index (χ4n) is 3.33. The van der Waals surface area contributed by atoms with Crippen molar-refractivity contribution < 1.29 is 4.79 Å². The Hall–Kier alpha value is -2.35. The maximum absolute atomic E-state index is 12.4. The average Bonchev–Trinajstić information content (AvgIpc) is 2.66. The largest absolute Gasteiger partial charge is 0.339 e. The van der Waals surface area contributed by atoms with E-state index in [1.54, 1.807) is 0 Å². The first kappa shape index (κ1) is 18.4. The van der Waals surface area contributed by atoms with Gasteiger partial charge in [-0.15, -0.1) is 0 Å². The van der Waals surface area contributed by atoms with E-state index in [1.165, 1.54) is 22.3 Å². The lowest BCUT2D eigenvalue weighted by molar-refractivity contribution is -0.131. The van der Waals surface area contributed by atoms with Gasteiger partial charge < -0.3 is 4.90 Å². The second-order valence-electron chi connectivity index (χ2n) is 8.33. The van der Waals surface area contributed by atoms with E-state index in [9.17, 15) is 4.79 Å². The zero-order valence-corrected chi connectivity index (χ0v) is 16.2. The molecular weight excluding hydrogens is 318 g/mol. The average molecular weight is 348 g/mol. The SMILES string of the molecule is CC(C)(C)CCC(=O)N1CC=C(c2cccc(-c3ccccc3)c2)CC1. The molecule has 1 heterocycles. The summed E-state index contributed by atoms with van der Waals surface area (Å²) in [6.07, 6.45) is 4.75. The topological polar surface area (TPSA) is 20.3 Å². The van der Waals surface area contributed by atoms with Crippen LogP contribution in [0.15, 0.2) is 60.7 Å². The van der Waals surface area contributed by atoms with Crippen LogP contribution in [-0.4, -0.2) is 23.9 Å². The van der Waals surface area contributed by atoms with Crippen molar-refractivity contribution in [2.24, 2.45) is 5.41 Å². The van der Waals surface area contributed by atoms with Gasteiger partial charge in [-0.1, -0.05) is 75.4 Å². The first-order valence-corrected chi connectivity index (χ1v) is 9.55. The van der Waals surface area contributed by atoms with Gasteiger partial charge in [-0.05, 0) is 46.6 Å². The van der Waals surface area contributed by atoms with Crippen LogP contribution in [0.3, 0.4) is 0 Å². The summed E-state index contributed by atoms with van der Waals surface area (Å²) in [6, 6.07) is 19.2. The molecule has 0 spiro atoms. The van der Waals surface area contributed by atoms with E-state index < -0.39 is 0 Å². The molecule has 0 atom stereocenters. The smallest absolute Gasteiger partial charge is 0.222 e. The van der Waals surface area contributed by atoms with Crippen LogP contribution in [0.4, 0.5) is 0 Å². The van der Waals surface area contributed by atoms with Crippen LogP contribution in [0.5, 0.6) is 0 Å². The van der Waals surface area contributed by atoms with Gasteiger partial charge in [0.05, 0.1) is 0 Å². The third-order valence-electron chi connectivity index (χ3n) is 4.99. The molecule has 0 bridgehead atoms. The Kier molecular flexibility index (Phi) is 5.61. The number of amides is 1. The van der Waals surface area contributed by atoms with Gasteiger partial charge >= 0.3 is 0 Å². The Labute approximate surface area is 157 Å². The fourth-order valence-corrected chi connectivity index (χ4v) is 3.33. The number of benzene rings is 2. The molecule has 1 aliphatic heterocycles. The van der Waals surface area contributed by atoms with Gasteiger partial charge in [-0.2, -0.15) is 0 Å². The first-order chi connectivity index (χ1) is 12.4. The molecule has 3 rings (SSSR count). The summed E-state index contributed by atoms with van der Waals surface area (Å²) in [7, 11) is 0. The van der Waals surface area contributed by atoms with Crippen molar-refractivity contribution >= 4 is 11.5 Å². The lowest BCUT2D eigenvalue weighted by atomic mass is 9.90. The highest BCUT2D eigenvalue weighted by molar-refractivity contribution is 5.79. The predicted octanol–water partition coefficient (Wildman–Crippen LogP) is 5.80. The van der Waals surface area contributed by atoms with Gasteiger partial charge in [-0.3, -0.25) is 4.79 Å². The number of carbonyl (C=O) groups excluding carboxylic acids is 1. The summed E-state index contributed by atoms with van der Waals surface area (Å²) in [5.41, 5.74) is 5.32. The van der Waals surface area contributed by atoms with Gasteiger partial charge in [-0.25, -0.2) is 0 Å². The van der Waals surface area contributed by atoms with Gasteiger partial charge in [0, 0.05) is 19.5 Å². The van der Waals surface area contributed by atoms with Crippen LogP contribution in [-0.2, 0) is 4.79 Å². The highest BCUT2D eigenvalue weighted by Gasteiger charge is 2.20.